The fourth-order valence-corrected chi connectivity index (χ4v) is 8.80. The summed E-state index contributed by atoms with van der Waals surface area (Å²) in [6.07, 6.45) is 0. The third kappa shape index (κ3) is 5.09. The predicted octanol–water partition coefficient (Wildman–Crippen LogP) is 11.8. The van der Waals surface area contributed by atoms with Crippen LogP contribution in [0.2, 0.25) is 0 Å². The van der Waals surface area contributed by atoms with Gasteiger partial charge in [-0.3, -0.25) is 0 Å². The lowest BCUT2D eigenvalue weighted by Crippen LogP contribution is -2.28. The van der Waals surface area contributed by atoms with Gasteiger partial charge in [0.05, 0.1) is 10.4 Å². The monoisotopic (exact) mass is 681 g/mol. The van der Waals surface area contributed by atoms with Crippen molar-refractivity contribution in [3.63, 3.8) is 0 Å². The first kappa shape index (κ1) is 29.5. The third-order valence-corrected chi connectivity index (χ3v) is 11.4. The van der Waals surface area contributed by atoms with Gasteiger partial charge in [-0.15, -0.1) is 22.7 Å². The van der Waals surface area contributed by atoms with Crippen molar-refractivity contribution in [3.05, 3.63) is 133 Å². The van der Waals surface area contributed by atoms with Gasteiger partial charge in [-0.1, -0.05) is 78.9 Å². The second-order valence-corrected chi connectivity index (χ2v) is 14.5. The SMILES string of the molecule is O=S(=O)(Oc1cc(N(c2ccccc2)c2ccccc2)c2sc3ccc(-c4cccc5c4sc4ccccc45)cc3c2c1)C(F)(F)F. The van der Waals surface area contributed by atoms with Gasteiger partial charge in [0, 0.05) is 53.1 Å². The van der Waals surface area contributed by atoms with Crippen LogP contribution in [0.15, 0.2) is 133 Å². The van der Waals surface area contributed by atoms with Gasteiger partial charge in [0.15, 0.2) is 0 Å². The molecule has 0 aliphatic heterocycles. The molecule has 0 saturated carbocycles. The number of fused-ring (bicyclic) bond motifs is 6. The Hall–Kier alpha value is -4.90. The van der Waals surface area contributed by atoms with E-state index in [-0.39, 0.29) is 0 Å². The Labute approximate surface area is 275 Å². The quantitative estimate of drug-likeness (QED) is 0.129. The number of halogens is 3. The second-order valence-electron chi connectivity index (χ2n) is 10.9. The topological polar surface area (TPSA) is 46.6 Å². The Bertz CT molecular complexity index is 2520. The lowest BCUT2D eigenvalue weighted by Gasteiger charge is -2.26. The van der Waals surface area contributed by atoms with Gasteiger partial charge in [-0.05, 0) is 59.7 Å². The smallest absolute Gasteiger partial charge is 0.376 e. The molecule has 8 rings (SSSR count). The van der Waals surface area contributed by atoms with Crippen molar-refractivity contribution in [3.8, 4) is 16.9 Å². The minimum Gasteiger partial charge on any atom is -0.376 e. The van der Waals surface area contributed by atoms with E-state index in [1.54, 1.807) is 11.3 Å². The lowest BCUT2D eigenvalue weighted by atomic mass is 10.0. The molecule has 0 aliphatic rings. The number of rotatable bonds is 6. The molecule has 0 spiro atoms. The second kappa shape index (κ2) is 11.1. The first-order valence-corrected chi connectivity index (χ1v) is 17.5. The van der Waals surface area contributed by atoms with Crippen molar-refractivity contribution in [1.82, 2.24) is 0 Å². The zero-order valence-corrected chi connectivity index (χ0v) is 26.7. The highest BCUT2D eigenvalue weighted by atomic mass is 32.2. The minimum absolute atomic E-state index is 0.432. The molecule has 0 fully saturated rings. The fourth-order valence-electron chi connectivity index (χ4n) is 5.95. The van der Waals surface area contributed by atoms with E-state index in [4.69, 9.17) is 4.18 Å². The van der Waals surface area contributed by atoms with Crippen LogP contribution in [0.1, 0.15) is 0 Å². The molecule has 0 bridgehead atoms. The van der Waals surface area contributed by atoms with Crippen LogP contribution in [0.5, 0.6) is 5.75 Å². The summed E-state index contributed by atoms with van der Waals surface area (Å²) in [7, 11) is -5.93. The maximum absolute atomic E-state index is 13.5. The molecule has 232 valence electrons. The molecule has 0 aliphatic carbocycles. The zero-order valence-electron chi connectivity index (χ0n) is 24.2. The van der Waals surface area contributed by atoms with E-state index >= 15 is 0 Å². The molecule has 2 aromatic heterocycles. The molecule has 0 amide bonds. The van der Waals surface area contributed by atoms with Crippen molar-refractivity contribution < 1.29 is 25.8 Å². The molecular formula is C37H22F3NO3S3. The normalized spacial score (nSPS) is 12.3. The van der Waals surface area contributed by atoms with Crippen LogP contribution in [-0.2, 0) is 10.1 Å². The standard InChI is InChI=1S/C37H22F3NO3S3/c38-37(39,40)47(42,43)44-26-21-31-30-20-23(27-15-9-16-29-28-14-7-8-17-33(28)45-35(27)29)18-19-34(30)46-36(31)32(22-26)41(24-10-3-1-4-11-24)25-12-5-2-6-13-25/h1-22H. The average molecular weight is 682 g/mol. The summed E-state index contributed by atoms with van der Waals surface area (Å²) in [6, 6.07) is 42.0. The summed E-state index contributed by atoms with van der Waals surface area (Å²) < 4.78 is 73.9. The van der Waals surface area contributed by atoms with Gasteiger partial charge in [0.1, 0.15) is 5.75 Å². The Morgan fingerprint density at radius 1 is 0.574 bits per heavy atom. The van der Waals surface area contributed by atoms with E-state index in [0.29, 0.717) is 11.1 Å². The highest BCUT2D eigenvalue weighted by molar-refractivity contribution is 7.88. The molecule has 0 atom stereocenters. The van der Waals surface area contributed by atoms with Crippen molar-refractivity contribution in [1.29, 1.82) is 0 Å². The molecule has 4 nitrogen and oxygen atoms in total. The predicted molar refractivity (Wildman–Crippen MR) is 188 cm³/mol. The van der Waals surface area contributed by atoms with Crippen LogP contribution in [0.4, 0.5) is 30.2 Å². The van der Waals surface area contributed by atoms with Crippen LogP contribution in [-0.4, -0.2) is 13.9 Å². The highest BCUT2D eigenvalue weighted by Gasteiger charge is 2.48. The summed E-state index contributed by atoms with van der Waals surface area (Å²) in [5.41, 5.74) is -1.65. The lowest BCUT2D eigenvalue weighted by molar-refractivity contribution is -0.0500. The summed E-state index contributed by atoms with van der Waals surface area (Å²) in [6.45, 7) is 0. The van der Waals surface area contributed by atoms with Crippen molar-refractivity contribution >= 4 is 90.2 Å². The van der Waals surface area contributed by atoms with Gasteiger partial charge in [-0.2, -0.15) is 21.6 Å². The molecule has 8 aromatic rings. The van der Waals surface area contributed by atoms with E-state index in [1.807, 2.05) is 102 Å². The Morgan fingerprint density at radius 2 is 1.19 bits per heavy atom. The van der Waals surface area contributed by atoms with Gasteiger partial charge in [-0.25, -0.2) is 0 Å². The first-order chi connectivity index (χ1) is 22.7. The van der Waals surface area contributed by atoms with Crippen LogP contribution < -0.4 is 9.08 Å². The minimum atomic E-state index is -5.93. The molecule has 0 N–H and O–H groups in total. The third-order valence-electron chi connectivity index (χ3n) is 8.00. The number of benzene rings is 6. The van der Waals surface area contributed by atoms with Crippen LogP contribution in [0.3, 0.4) is 0 Å². The van der Waals surface area contributed by atoms with E-state index < -0.39 is 21.4 Å². The maximum Gasteiger partial charge on any atom is 0.534 e. The zero-order chi connectivity index (χ0) is 32.3. The first-order valence-electron chi connectivity index (χ1n) is 14.5. The number of para-hydroxylation sites is 2. The Morgan fingerprint density at radius 3 is 1.89 bits per heavy atom. The van der Waals surface area contributed by atoms with Gasteiger partial charge in [0.2, 0.25) is 0 Å². The molecule has 2 heterocycles. The fraction of sp³-hybridized carbons (Fsp3) is 0.0270. The molecule has 0 saturated heterocycles. The average Bonchev–Trinajstić information content (AvgIpc) is 3.63. The van der Waals surface area contributed by atoms with E-state index in [0.717, 1.165) is 47.4 Å². The van der Waals surface area contributed by atoms with Crippen molar-refractivity contribution in [2.45, 2.75) is 5.51 Å². The Balaban J connectivity index is 1.40. The van der Waals surface area contributed by atoms with Crippen LogP contribution >= 0.6 is 22.7 Å². The molecular weight excluding hydrogens is 660 g/mol. The summed E-state index contributed by atoms with van der Waals surface area (Å²) >= 11 is 3.19. The van der Waals surface area contributed by atoms with Crippen molar-refractivity contribution in [2.75, 3.05) is 4.90 Å². The highest BCUT2D eigenvalue weighted by Crippen LogP contribution is 2.48. The molecule has 10 heteroatoms. The number of hydrogen-bond donors (Lipinski definition) is 0. The number of anilines is 3. The summed E-state index contributed by atoms with van der Waals surface area (Å²) in [4.78, 5) is 1.89. The number of nitrogens with zero attached hydrogens (tertiary/aromatic N) is 1. The Kier molecular flexibility index (Phi) is 6.98. The maximum atomic E-state index is 13.5. The van der Waals surface area contributed by atoms with Gasteiger partial charge >= 0.3 is 15.6 Å². The van der Waals surface area contributed by atoms with Crippen LogP contribution in [0.25, 0.3) is 51.5 Å². The van der Waals surface area contributed by atoms with E-state index in [9.17, 15) is 21.6 Å². The number of hydrogen-bond acceptors (Lipinski definition) is 6. The molecule has 0 radical (unpaired) electrons. The van der Waals surface area contributed by atoms with Gasteiger partial charge < -0.3 is 9.08 Å². The number of alkyl halides is 3. The van der Waals surface area contributed by atoms with E-state index in [2.05, 4.69) is 24.3 Å². The molecule has 47 heavy (non-hydrogen) atoms. The van der Waals surface area contributed by atoms with Crippen molar-refractivity contribution in [2.24, 2.45) is 0 Å². The molecule has 0 unspecified atom stereocenters. The van der Waals surface area contributed by atoms with E-state index in [1.165, 1.54) is 33.6 Å². The van der Waals surface area contributed by atoms with Crippen LogP contribution in [0, 0.1) is 0 Å². The summed E-state index contributed by atoms with van der Waals surface area (Å²) in [5, 5.41) is 3.68. The summed E-state index contributed by atoms with van der Waals surface area (Å²) in [5.74, 6) is -0.432. The van der Waals surface area contributed by atoms with Gasteiger partial charge in [0.25, 0.3) is 0 Å². The number of thiophene rings is 2. The molecule has 6 aromatic carbocycles. The largest absolute Gasteiger partial charge is 0.534 e.